The molecule has 1 fully saturated rings. The van der Waals surface area contributed by atoms with Gasteiger partial charge in [0, 0.05) is 18.5 Å². The number of hydrogen-bond acceptors (Lipinski definition) is 6. The summed E-state index contributed by atoms with van der Waals surface area (Å²) < 4.78 is 52.1. The highest BCUT2D eigenvalue weighted by Gasteiger charge is 2.38. The zero-order chi connectivity index (χ0) is 26.0. The zero-order valence-electron chi connectivity index (χ0n) is 18.7. The van der Waals surface area contributed by atoms with Gasteiger partial charge in [0.15, 0.2) is 5.96 Å². The van der Waals surface area contributed by atoms with E-state index >= 15 is 0 Å². The highest BCUT2D eigenvalue weighted by atomic mass is 35.5. The molecule has 0 saturated carbocycles. The highest BCUT2D eigenvalue weighted by Crippen LogP contribution is 2.39. The zero-order valence-corrected chi connectivity index (χ0v) is 20.2. The topological polar surface area (TPSA) is 121 Å². The van der Waals surface area contributed by atoms with Crippen LogP contribution in [-0.4, -0.2) is 45.4 Å². The Bertz CT molecular complexity index is 1250. The van der Waals surface area contributed by atoms with Gasteiger partial charge in [-0.1, -0.05) is 34.4 Å². The van der Waals surface area contributed by atoms with Crippen LogP contribution in [-0.2, 0) is 12.6 Å². The standard InChI is InChI=1S/C23H22Cl2F3N5O3/c24-16-5-3-12(8-17(16)25)2-1-7-35-19-6-4-13(9-15(19)23(26,27)28)20-31-21(36-32-20)18-10-14(34)11-33(18)22(29)30/h3-6,8-9,14,18,34H,1-2,7,10-11H2,(H3,29,30)/t14-,18+/m1/s1. The molecule has 2 atom stereocenters. The Labute approximate surface area is 214 Å². The number of aliphatic hydroxyl groups is 1. The quantitative estimate of drug-likeness (QED) is 0.216. The molecule has 1 saturated heterocycles. The molecule has 4 rings (SSSR count). The molecular formula is C23H22Cl2F3N5O3. The van der Waals surface area contributed by atoms with Gasteiger partial charge in [0.1, 0.15) is 11.8 Å². The molecule has 13 heteroatoms. The van der Waals surface area contributed by atoms with Crippen LogP contribution in [0.5, 0.6) is 5.75 Å². The van der Waals surface area contributed by atoms with E-state index in [1.165, 1.54) is 17.0 Å². The molecule has 0 aliphatic carbocycles. The molecule has 0 unspecified atom stereocenters. The minimum Gasteiger partial charge on any atom is -0.493 e. The second-order valence-corrected chi connectivity index (χ2v) is 9.12. The number of aliphatic hydroxyl groups excluding tert-OH is 1. The van der Waals surface area contributed by atoms with Crippen LogP contribution in [0.3, 0.4) is 0 Å². The fourth-order valence-electron chi connectivity index (χ4n) is 3.97. The SMILES string of the molecule is N=C(N)N1C[C@H](O)C[C@H]1c1nc(-c2ccc(OCCCc3ccc(Cl)c(Cl)c3)c(C(F)(F)F)c2)no1. The minimum absolute atomic E-state index is 0.0490. The summed E-state index contributed by atoms with van der Waals surface area (Å²) in [4.78, 5) is 5.58. The summed E-state index contributed by atoms with van der Waals surface area (Å²) in [5, 5.41) is 22.2. The number of aryl methyl sites for hydroxylation is 1. The van der Waals surface area contributed by atoms with Crippen LogP contribution in [0.1, 0.15) is 35.9 Å². The molecule has 2 heterocycles. The van der Waals surface area contributed by atoms with Crippen LogP contribution in [0.4, 0.5) is 13.2 Å². The molecule has 1 aromatic heterocycles. The first-order chi connectivity index (χ1) is 17.0. The summed E-state index contributed by atoms with van der Waals surface area (Å²) in [6, 6.07) is 8.05. The number of nitrogens with one attached hydrogen (secondary N) is 1. The molecule has 4 N–H and O–H groups in total. The lowest BCUT2D eigenvalue weighted by atomic mass is 10.1. The van der Waals surface area contributed by atoms with E-state index in [1.54, 1.807) is 18.2 Å². The monoisotopic (exact) mass is 543 g/mol. The first-order valence-electron chi connectivity index (χ1n) is 10.9. The number of halogens is 5. The maximum Gasteiger partial charge on any atom is 0.419 e. The normalized spacial score (nSPS) is 18.0. The second kappa shape index (κ2) is 10.5. The van der Waals surface area contributed by atoms with Gasteiger partial charge in [-0.15, -0.1) is 0 Å². The van der Waals surface area contributed by atoms with Crippen molar-refractivity contribution >= 4 is 29.2 Å². The molecule has 0 spiro atoms. The maximum absolute atomic E-state index is 13.8. The van der Waals surface area contributed by atoms with E-state index in [4.69, 9.17) is 43.6 Å². The number of benzene rings is 2. The maximum atomic E-state index is 13.8. The summed E-state index contributed by atoms with van der Waals surface area (Å²) in [6.45, 7) is 0.174. The molecule has 192 valence electrons. The lowest BCUT2D eigenvalue weighted by Gasteiger charge is -2.20. The van der Waals surface area contributed by atoms with Crippen LogP contribution < -0.4 is 10.5 Å². The number of aromatic nitrogens is 2. The van der Waals surface area contributed by atoms with Crippen molar-refractivity contribution in [2.75, 3.05) is 13.2 Å². The molecule has 1 aliphatic rings. The summed E-state index contributed by atoms with van der Waals surface area (Å²) >= 11 is 11.9. The van der Waals surface area contributed by atoms with Gasteiger partial charge in [0.05, 0.1) is 28.3 Å². The smallest absolute Gasteiger partial charge is 0.419 e. The predicted octanol–water partition coefficient (Wildman–Crippen LogP) is 5.07. The van der Waals surface area contributed by atoms with Crippen molar-refractivity contribution in [3.8, 4) is 17.1 Å². The van der Waals surface area contributed by atoms with Crippen LogP contribution in [0.2, 0.25) is 10.0 Å². The Morgan fingerprint density at radius 1 is 1.22 bits per heavy atom. The van der Waals surface area contributed by atoms with Crippen LogP contribution in [0, 0.1) is 5.41 Å². The third kappa shape index (κ3) is 5.85. The van der Waals surface area contributed by atoms with Crippen molar-refractivity contribution in [3.05, 3.63) is 63.5 Å². The average molecular weight is 544 g/mol. The van der Waals surface area contributed by atoms with E-state index in [-0.39, 0.29) is 48.6 Å². The lowest BCUT2D eigenvalue weighted by Crippen LogP contribution is -2.36. The third-order valence-electron chi connectivity index (χ3n) is 5.71. The molecule has 3 aromatic rings. The Hall–Kier alpha value is -3.02. The first kappa shape index (κ1) is 26.1. The van der Waals surface area contributed by atoms with Crippen molar-refractivity contribution in [2.45, 2.75) is 37.6 Å². The van der Waals surface area contributed by atoms with E-state index in [2.05, 4.69) is 10.1 Å². The molecular weight excluding hydrogens is 522 g/mol. The Morgan fingerprint density at radius 2 is 2.00 bits per heavy atom. The highest BCUT2D eigenvalue weighted by molar-refractivity contribution is 6.42. The number of likely N-dealkylation sites (tertiary alicyclic amines) is 1. The predicted molar refractivity (Wildman–Crippen MR) is 127 cm³/mol. The van der Waals surface area contributed by atoms with E-state index < -0.39 is 23.9 Å². The van der Waals surface area contributed by atoms with Crippen molar-refractivity contribution in [1.82, 2.24) is 15.0 Å². The van der Waals surface area contributed by atoms with Crippen molar-refractivity contribution in [2.24, 2.45) is 5.73 Å². The van der Waals surface area contributed by atoms with E-state index in [9.17, 15) is 18.3 Å². The molecule has 2 aromatic carbocycles. The average Bonchev–Trinajstić information content (AvgIpc) is 3.45. The fourth-order valence-corrected chi connectivity index (χ4v) is 4.29. The number of nitrogens with zero attached hydrogens (tertiary/aromatic N) is 3. The minimum atomic E-state index is -4.68. The van der Waals surface area contributed by atoms with Crippen molar-refractivity contribution in [1.29, 1.82) is 5.41 Å². The molecule has 1 aliphatic heterocycles. The van der Waals surface area contributed by atoms with Gasteiger partial charge in [-0.3, -0.25) is 5.41 Å². The summed E-state index contributed by atoms with van der Waals surface area (Å²) in [5.41, 5.74) is 5.54. The molecule has 0 bridgehead atoms. The summed E-state index contributed by atoms with van der Waals surface area (Å²) in [6.07, 6.45) is -4.22. The van der Waals surface area contributed by atoms with Crippen LogP contribution in [0.25, 0.3) is 11.4 Å². The number of β-amino-alcohol motifs (C(OH)–C–C–N with tert-alkyl or cyclic N) is 1. The van der Waals surface area contributed by atoms with Crippen molar-refractivity contribution in [3.63, 3.8) is 0 Å². The third-order valence-corrected chi connectivity index (χ3v) is 6.45. The number of ether oxygens (including phenoxy) is 1. The Morgan fingerprint density at radius 3 is 2.69 bits per heavy atom. The van der Waals surface area contributed by atoms with Gasteiger partial charge in [-0.2, -0.15) is 18.2 Å². The largest absolute Gasteiger partial charge is 0.493 e. The molecule has 0 amide bonds. The molecule has 0 radical (unpaired) electrons. The van der Waals surface area contributed by atoms with E-state index in [0.29, 0.717) is 22.9 Å². The van der Waals surface area contributed by atoms with Crippen LogP contribution in [0.15, 0.2) is 40.9 Å². The number of nitrogens with two attached hydrogens (primary N) is 1. The number of hydrogen-bond donors (Lipinski definition) is 3. The van der Waals surface area contributed by atoms with Gasteiger partial charge < -0.3 is 25.0 Å². The van der Waals surface area contributed by atoms with Gasteiger partial charge in [-0.05, 0) is 48.7 Å². The number of alkyl halides is 3. The van der Waals surface area contributed by atoms with Gasteiger partial charge in [-0.25, -0.2) is 0 Å². The van der Waals surface area contributed by atoms with Crippen LogP contribution >= 0.6 is 23.2 Å². The van der Waals surface area contributed by atoms with E-state index in [1.807, 2.05) is 0 Å². The van der Waals surface area contributed by atoms with Crippen molar-refractivity contribution < 1.29 is 27.5 Å². The Kier molecular flexibility index (Phi) is 7.62. The number of rotatable bonds is 7. The Balaban J connectivity index is 1.48. The molecule has 36 heavy (non-hydrogen) atoms. The van der Waals surface area contributed by atoms with Gasteiger partial charge in [0.25, 0.3) is 0 Å². The summed E-state index contributed by atoms with van der Waals surface area (Å²) in [5.74, 6) is -0.610. The summed E-state index contributed by atoms with van der Waals surface area (Å²) in [7, 11) is 0. The molecule has 8 nitrogen and oxygen atoms in total. The van der Waals surface area contributed by atoms with Gasteiger partial charge >= 0.3 is 6.18 Å². The first-order valence-corrected chi connectivity index (χ1v) is 11.7. The second-order valence-electron chi connectivity index (χ2n) is 8.31. The number of guanidine groups is 1. The van der Waals surface area contributed by atoms with E-state index in [0.717, 1.165) is 11.6 Å². The fraction of sp³-hybridized carbons (Fsp3) is 0.348. The van der Waals surface area contributed by atoms with Gasteiger partial charge in [0.2, 0.25) is 11.7 Å². The lowest BCUT2D eigenvalue weighted by molar-refractivity contribution is -0.138.